The van der Waals surface area contributed by atoms with Crippen LogP contribution in [0.15, 0.2) is 12.1 Å². The molecule has 2 aromatic heterocycles. The van der Waals surface area contributed by atoms with Crippen LogP contribution in [0.2, 0.25) is 0 Å². The largest absolute Gasteiger partial charge is 0.382 e. The highest BCUT2D eigenvalue weighted by molar-refractivity contribution is 5.32. The minimum Gasteiger partial charge on any atom is -0.382 e. The molecule has 5 nitrogen and oxygen atoms in total. The molecule has 0 saturated heterocycles. The minimum atomic E-state index is 0.482. The fourth-order valence-electron chi connectivity index (χ4n) is 1.50. The van der Waals surface area contributed by atoms with Gasteiger partial charge in [0.25, 0.3) is 5.95 Å². The molecule has 0 radical (unpaired) electrons. The Morgan fingerprint density at radius 2 is 1.67 bits per heavy atom. The third-order valence-corrected chi connectivity index (χ3v) is 2.07. The Hall–Kier alpha value is -1.91. The van der Waals surface area contributed by atoms with Crippen LogP contribution in [0.5, 0.6) is 0 Å². The van der Waals surface area contributed by atoms with Crippen molar-refractivity contribution in [2.45, 2.75) is 20.8 Å². The van der Waals surface area contributed by atoms with Crippen LogP contribution in [0.4, 0.5) is 5.82 Å². The Kier molecular flexibility index (Phi) is 2.15. The van der Waals surface area contributed by atoms with Crippen LogP contribution in [-0.2, 0) is 0 Å². The molecular weight excluding hydrogens is 190 g/mol. The molecule has 0 spiro atoms. The van der Waals surface area contributed by atoms with E-state index < -0.39 is 0 Å². The first-order valence-electron chi connectivity index (χ1n) is 4.71. The van der Waals surface area contributed by atoms with E-state index in [0.29, 0.717) is 11.8 Å². The molecule has 0 amide bonds. The third-order valence-electron chi connectivity index (χ3n) is 2.07. The number of aromatic nitrogens is 4. The second kappa shape index (κ2) is 3.34. The van der Waals surface area contributed by atoms with Gasteiger partial charge in [-0.05, 0) is 26.8 Å². The average molecular weight is 203 g/mol. The molecule has 78 valence electrons. The van der Waals surface area contributed by atoms with Crippen molar-refractivity contribution < 1.29 is 0 Å². The van der Waals surface area contributed by atoms with Crippen molar-refractivity contribution in [2.75, 3.05) is 5.73 Å². The van der Waals surface area contributed by atoms with E-state index in [4.69, 9.17) is 5.73 Å². The Bertz CT molecular complexity index is 480. The number of aryl methyl sites for hydroxylation is 3. The molecule has 5 heteroatoms. The van der Waals surface area contributed by atoms with Gasteiger partial charge in [0.2, 0.25) is 0 Å². The molecule has 0 saturated carbocycles. The molecule has 2 N–H and O–H groups in total. The molecule has 0 aliphatic rings. The van der Waals surface area contributed by atoms with Crippen molar-refractivity contribution in [1.82, 2.24) is 19.7 Å². The van der Waals surface area contributed by atoms with Gasteiger partial charge in [-0.1, -0.05) is 0 Å². The van der Waals surface area contributed by atoms with Gasteiger partial charge in [0.05, 0.1) is 0 Å². The van der Waals surface area contributed by atoms with Crippen molar-refractivity contribution in [3.63, 3.8) is 0 Å². The van der Waals surface area contributed by atoms with Gasteiger partial charge in [-0.2, -0.15) is 0 Å². The highest BCUT2D eigenvalue weighted by Gasteiger charge is 2.07. The van der Waals surface area contributed by atoms with E-state index in [1.54, 1.807) is 10.7 Å². The summed E-state index contributed by atoms with van der Waals surface area (Å²) < 4.78 is 1.65. The molecule has 0 aromatic carbocycles. The van der Waals surface area contributed by atoms with Crippen LogP contribution in [0, 0.1) is 20.8 Å². The lowest BCUT2D eigenvalue weighted by Crippen LogP contribution is -2.07. The van der Waals surface area contributed by atoms with Crippen molar-refractivity contribution in [3.8, 4) is 5.95 Å². The molecule has 0 bridgehead atoms. The smallest absolute Gasteiger partial charge is 0.251 e. The van der Waals surface area contributed by atoms with Gasteiger partial charge in [0.1, 0.15) is 5.82 Å². The van der Waals surface area contributed by atoms with Crippen LogP contribution in [0.1, 0.15) is 17.1 Å². The second-order valence-electron chi connectivity index (χ2n) is 3.57. The molecular formula is C10H13N5. The maximum atomic E-state index is 5.61. The lowest BCUT2D eigenvalue weighted by Gasteiger charge is -2.04. The predicted molar refractivity (Wildman–Crippen MR) is 57.8 cm³/mol. The maximum Gasteiger partial charge on any atom is 0.251 e. The zero-order valence-electron chi connectivity index (χ0n) is 9.02. The number of hydrogen-bond acceptors (Lipinski definition) is 4. The highest BCUT2D eigenvalue weighted by atomic mass is 15.4. The normalized spacial score (nSPS) is 10.6. The fourth-order valence-corrected chi connectivity index (χ4v) is 1.50. The Labute approximate surface area is 88.0 Å². The zero-order chi connectivity index (χ0) is 11.0. The quantitative estimate of drug-likeness (QED) is 0.755. The maximum absolute atomic E-state index is 5.61. The van der Waals surface area contributed by atoms with Gasteiger partial charge in [-0.25, -0.2) is 14.6 Å². The standard InChI is InChI=1S/C10H13N5/c1-6-4-7(2)13-10(12-6)15-8(3)5-9(11)14-15/h4-5H,1-3H3,(H2,11,14). The molecule has 0 atom stereocenters. The van der Waals surface area contributed by atoms with E-state index in [9.17, 15) is 0 Å². The van der Waals surface area contributed by atoms with Gasteiger partial charge in [-0.15, -0.1) is 5.10 Å². The number of hydrogen-bond donors (Lipinski definition) is 1. The van der Waals surface area contributed by atoms with Crippen LogP contribution in [0.3, 0.4) is 0 Å². The Morgan fingerprint density at radius 1 is 1.07 bits per heavy atom. The average Bonchev–Trinajstić information content (AvgIpc) is 2.43. The number of rotatable bonds is 1. The number of nitrogen functional groups attached to an aromatic ring is 1. The molecule has 0 fully saturated rings. The van der Waals surface area contributed by atoms with Crippen molar-refractivity contribution in [2.24, 2.45) is 0 Å². The molecule has 2 heterocycles. The molecule has 2 rings (SSSR count). The van der Waals surface area contributed by atoms with Gasteiger partial charge >= 0.3 is 0 Å². The SMILES string of the molecule is Cc1cc(C)nc(-n2nc(N)cc2C)n1. The van der Waals surface area contributed by atoms with Gasteiger partial charge < -0.3 is 5.73 Å². The number of nitrogens with two attached hydrogens (primary N) is 1. The zero-order valence-corrected chi connectivity index (χ0v) is 9.02. The van der Waals surface area contributed by atoms with Crippen LogP contribution >= 0.6 is 0 Å². The summed E-state index contributed by atoms with van der Waals surface area (Å²) in [4.78, 5) is 8.62. The second-order valence-corrected chi connectivity index (χ2v) is 3.57. The summed E-state index contributed by atoms with van der Waals surface area (Å²) in [6, 6.07) is 3.71. The van der Waals surface area contributed by atoms with Crippen LogP contribution < -0.4 is 5.73 Å². The number of nitrogens with zero attached hydrogens (tertiary/aromatic N) is 4. The van der Waals surface area contributed by atoms with Crippen molar-refractivity contribution >= 4 is 5.82 Å². The third kappa shape index (κ3) is 1.81. The molecule has 15 heavy (non-hydrogen) atoms. The van der Waals surface area contributed by atoms with E-state index in [1.807, 2.05) is 26.8 Å². The fraction of sp³-hybridized carbons (Fsp3) is 0.300. The van der Waals surface area contributed by atoms with E-state index in [1.165, 1.54) is 0 Å². The first-order valence-corrected chi connectivity index (χ1v) is 4.71. The highest BCUT2D eigenvalue weighted by Crippen LogP contribution is 2.10. The molecule has 0 unspecified atom stereocenters. The first-order chi connectivity index (χ1) is 7.06. The molecule has 0 aliphatic carbocycles. The summed E-state index contributed by atoms with van der Waals surface area (Å²) in [5.41, 5.74) is 8.38. The summed E-state index contributed by atoms with van der Waals surface area (Å²) in [6.45, 7) is 5.78. The number of anilines is 1. The minimum absolute atomic E-state index is 0.482. The van der Waals surface area contributed by atoms with Gasteiger partial charge in [0, 0.05) is 23.1 Å². The monoisotopic (exact) mass is 203 g/mol. The van der Waals surface area contributed by atoms with Crippen molar-refractivity contribution in [1.29, 1.82) is 0 Å². The van der Waals surface area contributed by atoms with Crippen LogP contribution in [0.25, 0.3) is 5.95 Å². The molecule has 0 aliphatic heterocycles. The van der Waals surface area contributed by atoms with E-state index in [2.05, 4.69) is 15.1 Å². The topological polar surface area (TPSA) is 69.6 Å². The van der Waals surface area contributed by atoms with Crippen LogP contribution in [-0.4, -0.2) is 19.7 Å². The van der Waals surface area contributed by atoms with Gasteiger partial charge in [-0.3, -0.25) is 0 Å². The van der Waals surface area contributed by atoms with Gasteiger partial charge in [0.15, 0.2) is 0 Å². The Morgan fingerprint density at radius 3 is 2.13 bits per heavy atom. The summed E-state index contributed by atoms with van der Waals surface area (Å²) >= 11 is 0. The predicted octanol–water partition coefficient (Wildman–Crippen LogP) is 1.17. The van der Waals surface area contributed by atoms with E-state index in [-0.39, 0.29) is 0 Å². The lowest BCUT2D eigenvalue weighted by molar-refractivity contribution is 0.774. The summed E-state index contributed by atoms with van der Waals surface area (Å²) in [5.74, 6) is 1.05. The first kappa shape index (κ1) is 9.64. The Balaban J connectivity index is 2.58. The summed E-state index contributed by atoms with van der Waals surface area (Å²) in [7, 11) is 0. The lowest BCUT2D eigenvalue weighted by atomic mass is 10.3. The summed E-state index contributed by atoms with van der Waals surface area (Å²) in [6.07, 6.45) is 0. The van der Waals surface area contributed by atoms with E-state index in [0.717, 1.165) is 17.1 Å². The van der Waals surface area contributed by atoms with E-state index >= 15 is 0 Å². The molecule has 2 aromatic rings. The summed E-state index contributed by atoms with van der Waals surface area (Å²) in [5, 5.41) is 4.13. The van der Waals surface area contributed by atoms with Crippen molar-refractivity contribution in [3.05, 3.63) is 29.2 Å².